The Morgan fingerprint density at radius 1 is 1.39 bits per heavy atom. The minimum Gasteiger partial charge on any atom is -0.481 e. The summed E-state index contributed by atoms with van der Waals surface area (Å²) in [5.74, 6) is 0.930. The molecule has 2 fully saturated rings. The molecule has 2 heterocycles. The van der Waals surface area contributed by atoms with E-state index in [4.69, 9.17) is 5.11 Å². The van der Waals surface area contributed by atoms with Gasteiger partial charge in [-0.1, -0.05) is 0 Å². The number of likely N-dealkylation sites (tertiary alicyclic amines) is 1. The highest BCUT2D eigenvalue weighted by molar-refractivity contribution is 7.99. The largest absolute Gasteiger partial charge is 0.481 e. The predicted molar refractivity (Wildman–Crippen MR) is 70.8 cm³/mol. The van der Waals surface area contributed by atoms with Gasteiger partial charge >= 0.3 is 12.0 Å². The fraction of sp³-hybridized carbons (Fsp3) is 0.833. The molecule has 0 radical (unpaired) electrons. The van der Waals surface area contributed by atoms with Crippen molar-refractivity contribution in [2.45, 2.75) is 25.3 Å². The second-order valence-corrected chi connectivity index (χ2v) is 6.18. The van der Waals surface area contributed by atoms with Gasteiger partial charge in [-0.3, -0.25) is 4.79 Å². The third-order valence-corrected chi connectivity index (χ3v) is 4.94. The number of amides is 2. The Kier molecular flexibility index (Phi) is 4.37. The highest BCUT2D eigenvalue weighted by atomic mass is 32.2. The van der Waals surface area contributed by atoms with E-state index in [1.807, 2.05) is 18.8 Å². The summed E-state index contributed by atoms with van der Waals surface area (Å²) in [5, 5.41) is 9.03. The summed E-state index contributed by atoms with van der Waals surface area (Å²) < 4.78 is 0. The topological polar surface area (TPSA) is 60.9 Å². The smallest absolute Gasteiger partial charge is 0.320 e. The summed E-state index contributed by atoms with van der Waals surface area (Å²) in [6, 6.07) is 0.307. The van der Waals surface area contributed by atoms with Gasteiger partial charge in [0.25, 0.3) is 0 Å². The number of aliphatic carboxylic acids is 1. The van der Waals surface area contributed by atoms with Crippen LogP contribution in [0.15, 0.2) is 0 Å². The third-order valence-electron chi connectivity index (χ3n) is 3.80. The minimum absolute atomic E-state index is 0.00606. The summed E-state index contributed by atoms with van der Waals surface area (Å²) in [6.07, 6.45) is 2.52. The molecule has 2 saturated heterocycles. The molecule has 0 aliphatic carbocycles. The van der Waals surface area contributed by atoms with Crippen LogP contribution in [0.4, 0.5) is 4.79 Å². The summed E-state index contributed by atoms with van der Waals surface area (Å²) in [6.45, 7) is 1.05. The molecule has 18 heavy (non-hydrogen) atoms. The second-order valence-electron chi connectivity index (χ2n) is 5.03. The van der Waals surface area contributed by atoms with E-state index < -0.39 is 11.9 Å². The van der Waals surface area contributed by atoms with Gasteiger partial charge in [-0.25, -0.2) is 4.79 Å². The number of hydrogen-bond acceptors (Lipinski definition) is 3. The number of urea groups is 1. The van der Waals surface area contributed by atoms with Gasteiger partial charge in [0.05, 0.1) is 5.92 Å². The molecular formula is C12H20N2O3S. The van der Waals surface area contributed by atoms with Crippen molar-refractivity contribution < 1.29 is 14.7 Å². The zero-order valence-electron chi connectivity index (χ0n) is 10.7. The number of hydrogen-bond donors (Lipinski definition) is 1. The SMILES string of the molecule is CN(C(=O)N1CCC[C@@H](C(=O)O)C1)C1CCSC1. The summed E-state index contributed by atoms with van der Waals surface area (Å²) in [4.78, 5) is 26.8. The molecule has 0 bridgehead atoms. The Morgan fingerprint density at radius 3 is 2.78 bits per heavy atom. The highest BCUT2D eigenvalue weighted by Gasteiger charge is 2.32. The Labute approximate surface area is 112 Å². The maximum absolute atomic E-state index is 12.3. The monoisotopic (exact) mass is 272 g/mol. The van der Waals surface area contributed by atoms with Crippen molar-refractivity contribution in [1.29, 1.82) is 0 Å². The van der Waals surface area contributed by atoms with Crippen LogP contribution in [0.25, 0.3) is 0 Å². The molecule has 1 N–H and O–H groups in total. The molecule has 1 unspecified atom stereocenters. The number of carbonyl (C=O) groups excluding carboxylic acids is 1. The lowest BCUT2D eigenvalue weighted by molar-refractivity contribution is -0.143. The van der Waals surface area contributed by atoms with Crippen molar-refractivity contribution >= 4 is 23.8 Å². The first-order chi connectivity index (χ1) is 8.59. The lowest BCUT2D eigenvalue weighted by Crippen LogP contribution is -2.50. The molecule has 0 aromatic carbocycles. The molecule has 0 spiro atoms. The first kappa shape index (κ1) is 13.5. The van der Waals surface area contributed by atoms with Crippen molar-refractivity contribution in [2.75, 3.05) is 31.6 Å². The van der Waals surface area contributed by atoms with Gasteiger partial charge in [-0.2, -0.15) is 11.8 Å². The fourth-order valence-corrected chi connectivity index (χ4v) is 3.83. The highest BCUT2D eigenvalue weighted by Crippen LogP contribution is 2.24. The molecule has 2 aliphatic heterocycles. The zero-order valence-corrected chi connectivity index (χ0v) is 11.5. The average molecular weight is 272 g/mol. The van der Waals surface area contributed by atoms with E-state index in [0.717, 1.165) is 24.3 Å². The van der Waals surface area contributed by atoms with Crippen molar-refractivity contribution in [3.8, 4) is 0 Å². The number of carboxylic acids is 1. The quantitative estimate of drug-likeness (QED) is 0.824. The van der Waals surface area contributed by atoms with Crippen LogP contribution >= 0.6 is 11.8 Å². The fourth-order valence-electron chi connectivity index (χ4n) is 2.56. The normalized spacial score (nSPS) is 28.2. The third kappa shape index (κ3) is 2.91. The molecule has 102 valence electrons. The predicted octanol–water partition coefficient (Wildman–Crippen LogP) is 1.34. The summed E-state index contributed by atoms with van der Waals surface area (Å²) in [7, 11) is 1.84. The van der Waals surface area contributed by atoms with Crippen LogP contribution in [0.3, 0.4) is 0 Å². The van der Waals surface area contributed by atoms with E-state index in [1.54, 1.807) is 9.80 Å². The van der Waals surface area contributed by atoms with Gasteiger partial charge in [0.1, 0.15) is 0 Å². The van der Waals surface area contributed by atoms with Crippen LogP contribution in [-0.2, 0) is 4.79 Å². The second kappa shape index (κ2) is 5.82. The van der Waals surface area contributed by atoms with Gasteiger partial charge in [-0.05, 0) is 25.0 Å². The lowest BCUT2D eigenvalue weighted by atomic mass is 9.98. The Balaban J connectivity index is 1.93. The molecule has 2 amide bonds. The van der Waals surface area contributed by atoms with Crippen molar-refractivity contribution in [2.24, 2.45) is 5.92 Å². The lowest BCUT2D eigenvalue weighted by Gasteiger charge is -2.35. The van der Waals surface area contributed by atoms with Crippen LogP contribution < -0.4 is 0 Å². The molecule has 6 heteroatoms. The number of thioether (sulfide) groups is 1. The Bertz CT molecular complexity index is 331. The number of rotatable bonds is 2. The van der Waals surface area contributed by atoms with E-state index >= 15 is 0 Å². The molecule has 2 aliphatic rings. The Morgan fingerprint density at radius 2 is 2.17 bits per heavy atom. The average Bonchev–Trinajstić information content (AvgIpc) is 2.91. The van der Waals surface area contributed by atoms with E-state index in [1.165, 1.54) is 0 Å². The maximum Gasteiger partial charge on any atom is 0.320 e. The van der Waals surface area contributed by atoms with Gasteiger partial charge in [0, 0.05) is 31.9 Å². The number of piperidine rings is 1. The molecular weight excluding hydrogens is 252 g/mol. The number of carbonyl (C=O) groups is 2. The van der Waals surface area contributed by atoms with E-state index in [0.29, 0.717) is 25.6 Å². The maximum atomic E-state index is 12.3. The molecule has 5 nitrogen and oxygen atoms in total. The van der Waals surface area contributed by atoms with E-state index in [-0.39, 0.29) is 6.03 Å². The molecule has 0 aromatic heterocycles. The van der Waals surface area contributed by atoms with Crippen LogP contribution in [0.5, 0.6) is 0 Å². The van der Waals surface area contributed by atoms with Crippen molar-refractivity contribution in [1.82, 2.24) is 9.80 Å². The minimum atomic E-state index is -0.786. The number of nitrogens with zero attached hydrogens (tertiary/aromatic N) is 2. The standard InChI is InChI=1S/C12H20N2O3S/c1-13(10-4-6-18-8-10)12(17)14-5-2-3-9(7-14)11(15)16/h9-10H,2-8H2,1H3,(H,15,16)/t9-,10?/m1/s1. The molecule has 0 aromatic rings. The van der Waals surface area contributed by atoms with Crippen LogP contribution in [-0.4, -0.2) is 64.6 Å². The Hall–Kier alpha value is -0.910. The van der Waals surface area contributed by atoms with Crippen LogP contribution in [0, 0.1) is 5.92 Å². The van der Waals surface area contributed by atoms with E-state index in [2.05, 4.69) is 0 Å². The van der Waals surface area contributed by atoms with Crippen LogP contribution in [0.1, 0.15) is 19.3 Å². The van der Waals surface area contributed by atoms with Gasteiger partial charge in [0.15, 0.2) is 0 Å². The van der Waals surface area contributed by atoms with Gasteiger partial charge in [-0.15, -0.1) is 0 Å². The van der Waals surface area contributed by atoms with E-state index in [9.17, 15) is 9.59 Å². The van der Waals surface area contributed by atoms with Crippen molar-refractivity contribution in [3.63, 3.8) is 0 Å². The molecule has 0 saturated carbocycles. The first-order valence-electron chi connectivity index (χ1n) is 6.42. The van der Waals surface area contributed by atoms with Crippen molar-refractivity contribution in [3.05, 3.63) is 0 Å². The summed E-state index contributed by atoms with van der Waals surface area (Å²) in [5.41, 5.74) is 0. The van der Waals surface area contributed by atoms with Crippen LogP contribution in [0.2, 0.25) is 0 Å². The zero-order chi connectivity index (χ0) is 13.1. The van der Waals surface area contributed by atoms with Gasteiger partial charge < -0.3 is 14.9 Å². The molecule has 2 atom stereocenters. The summed E-state index contributed by atoms with van der Waals surface area (Å²) >= 11 is 1.87. The molecule has 2 rings (SSSR count). The van der Waals surface area contributed by atoms with Gasteiger partial charge in [0.2, 0.25) is 0 Å². The number of carboxylic acid groups (broad SMARTS) is 1. The first-order valence-corrected chi connectivity index (χ1v) is 7.57.